The van der Waals surface area contributed by atoms with Gasteiger partial charge in [-0.15, -0.1) is 0 Å². The maximum absolute atomic E-state index is 12.5. The molecule has 4 nitrogen and oxygen atoms in total. The summed E-state index contributed by atoms with van der Waals surface area (Å²) in [4.78, 5) is 24.6. The van der Waals surface area contributed by atoms with Crippen LogP contribution in [0.25, 0.3) is 43.4 Å². The lowest BCUT2D eigenvalue weighted by Gasteiger charge is -2.16. The fourth-order valence-corrected chi connectivity index (χ4v) is 4.27. The molecule has 0 N–H and O–H groups in total. The van der Waals surface area contributed by atoms with Gasteiger partial charge in [0, 0.05) is 0 Å². The summed E-state index contributed by atoms with van der Waals surface area (Å²) in [6.07, 6.45) is 0. The summed E-state index contributed by atoms with van der Waals surface area (Å²) in [7, 11) is 2.69. The summed E-state index contributed by atoms with van der Waals surface area (Å²) in [5.41, 5.74) is 2.29. The first-order valence-electron chi connectivity index (χ1n) is 9.60. The molecule has 0 heterocycles. The van der Waals surface area contributed by atoms with E-state index < -0.39 is 11.9 Å². The molecule has 0 atom stereocenters. The van der Waals surface area contributed by atoms with Crippen molar-refractivity contribution in [1.82, 2.24) is 0 Å². The predicted molar refractivity (Wildman–Crippen MR) is 118 cm³/mol. The monoisotopic (exact) mass is 394 g/mol. The van der Waals surface area contributed by atoms with Crippen molar-refractivity contribution in [2.75, 3.05) is 14.2 Å². The number of benzene rings is 5. The van der Waals surface area contributed by atoms with Crippen LogP contribution in [0.15, 0.2) is 72.8 Å². The molecule has 0 bridgehead atoms. The van der Waals surface area contributed by atoms with E-state index in [2.05, 4.69) is 48.5 Å². The molecule has 0 saturated heterocycles. The molecule has 5 rings (SSSR count). The molecule has 0 amide bonds. The van der Waals surface area contributed by atoms with E-state index in [9.17, 15) is 9.59 Å². The Morgan fingerprint density at radius 1 is 0.633 bits per heavy atom. The number of hydrogen-bond acceptors (Lipinski definition) is 4. The van der Waals surface area contributed by atoms with Gasteiger partial charge in [-0.25, -0.2) is 9.59 Å². The van der Waals surface area contributed by atoms with Crippen molar-refractivity contribution < 1.29 is 19.1 Å². The Morgan fingerprint density at radius 2 is 1.27 bits per heavy atom. The molecule has 0 aliphatic heterocycles. The van der Waals surface area contributed by atoms with Crippen LogP contribution in [-0.4, -0.2) is 26.2 Å². The Bertz CT molecular complexity index is 1430. The lowest BCUT2D eigenvalue weighted by Crippen LogP contribution is -2.07. The fourth-order valence-electron chi connectivity index (χ4n) is 4.27. The third kappa shape index (κ3) is 2.61. The molecule has 0 aliphatic rings. The van der Waals surface area contributed by atoms with Crippen LogP contribution in [0.2, 0.25) is 0 Å². The zero-order valence-corrected chi connectivity index (χ0v) is 16.6. The van der Waals surface area contributed by atoms with E-state index in [1.54, 1.807) is 18.2 Å². The van der Waals surface area contributed by atoms with Crippen molar-refractivity contribution in [3.8, 4) is 11.1 Å². The normalized spacial score (nSPS) is 11.3. The van der Waals surface area contributed by atoms with Crippen LogP contribution >= 0.6 is 0 Å². The van der Waals surface area contributed by atoms with Crippen molar-refractivity contribution in [1.29, 1.82) is 0 Å². The van der Waals surface area contributed by atoms with Crippen LogP contribution in [-0.2, 0) is 9.47 Å². The van der Waals surface area contributed by atoms with Gasteiger partial charge in [0.25, 0.3) is 0 Å². The highest BCUT2D eigenvalue weighted by Crippen LogP contribution is 2.40. The maximum Gasteiger partial charge on any atom is 0.338 e. The van der Waals surface area contributed by atoms with Gasteiger partial charge in [-0.3, -0.25) is 0 Å². The topological polar surface area (TPSA) is 52.6 Å². The van der Waals surface area contributed by atoms with Crippen molar-refractivity contribution in [2.24, 2.45) is 0 Å². The van der Waals surface area contributed by atoms with Gasteiger partial charge < -0.3 is 9.47 Å². The zero-order chi connectivity index (χ0) is 20.8. The van der Waals surface area contributed by atoms with Crippen LogP contribution in [0.5, 0.6) is 0 Å². The lowest BCUT2D eigenvalue weighted by molar-refractivity contribution is 0.0587. The van der Waals surface area contributed by atoms with Crippen LogP contribution < -0.4 is 0 Å². The number of rotatable bonds is 3. The van der Waals surface area contributed by atoms with E-state index >= 15 is 0 Å². The highest BCUT2D eigenvalue weighted by atomic mass is 16.5. The first-order chi connectivity index (χ1) is 14.6. The molecule has 0 aromatic heterocycles. The molecule has 0 fully saturated rings. The Balaban J connectivity index is 1.89. The molecule has 4 heteroatoms. The minimum Gasteiger partial charge on any atom is -0.465 e. The number of esters is 2. The van der Waals surface area contributed by atoms with Crippen LogP contribution in [0.3, 0.4) is 0 Å². The second-order valence-electron chi connectivity index (χ2n) is 7.21. The maximum atomic E-state index is 12.5. The van der Waals surface area contributed by atoms with Crippen LogP contribution in [0.4, 0.5) is 0 Å². The Hall–Kier alpha value is -3.92. The number of ether oxygens (including phenoxy) is 2. The van der Waals surface area contributed by atoms with Crippen molar-refractivity contribution >= 4 is 44.3 Å². The average Bonchev–Trinajstić information content (AvgIpc) is 2.81. The smallest absolute Gasteiger partial charge is 0.338 e. The lowest BCUT2D eigenvalue weighted by atomic mass is 9.88. The minimum absolute atomic E-state index is 0.380. The van der Waals surface area contributed by atoms with Gasteiger partial charge in [-0.1, -0.05) is 54.6 Å². The van der Waals surface area contributed by atoms with Crippen molar-refractivity contribution in [2.45, 2.75) is 0 Å². The fraction of sp³-hybridized carbons (Fsp3) is 0.0769. The van der Waals surface area contributed by atoms with Gasteiger partial charge in [0.2, 0.25) is 0 Å². The van der Waals surface area contributed by atoms with Crippen LogP contribution in [0, 0.1) is 0 Å². The molecule has 5 aromatic rings. The standard InChI is InChI=1S/C26H18O4/c1-29-25(27)18-10-13-21(26(28)30-2)22(14-18)19-11-8-17-7-6-15-4-3-5-16-9-12-20(19)24(17)23(15)16/h3-14H,1-2H3. The average molecular weight is 394 g/mol. The molecule has 30 heavy (non-hydrogen) atoms. The van der Waals surface area contributed by atoms with Gasteiger partial charge in [0.05, 0.1) is 25.3 Å². The van der Waals surface area contributed by atoms with Crippen molar-refractivity contribution in [3.05, 3.63) is 83.9 Å². The highest BCUT2D eigenvalue weighted by Gasteiger charge is 2.19. The quantitative estimate of drug-likeness (QED) is 0.286. The molecule has 0 saturated carbocycles. The summed E-state index contributed by atoms with van der Waals surface area (Å²) in [6.45, 7) is 0. The van der Waals surface area contributed by atoms with E-state index in [4.69, 9.17) is 9.47 Å². The second-order valence-corrected chi connectivity index (χ2v) is 7.21. The number of methoxy groups -OCH3 is 2. The Kier molecular flexibility index (Phi) is 4.14. The molecule has 0 aliphatic carbocycles. The SMILES string of the molecule is COC(=O)c1ccc(C(=O)OC)c(-c2ccc3ccc4cccc5ccc2c3c45)c1. The molecule has 0 spiro atoms. The Morgan fingerprint density at radius 3 is 1.97 bits per heavy atom. The Labute approximate surface area is 173 Å². The van der Waals surface area contributed by atoms with E-state index in [0.29, 0.717) is 16.7 Å². The van der Waals surface area contributed by atoms with E-state index in [-0.39, 0.29) is 0 Å². The number of carbonyl (C=O) groups excluding carboxylic acids is 2. The molecule has 5 aromatic carbocycles. The van der Waals surface area contributed by atoms with Gasteiger partial charge in [-0.05, 0) is 61.6 Å². The first-order valence-corrected chi connectivity index (χ1v) is 9.60. The number of carbonyl (C=O) groups is 2. The molecular formula is C26H18O4. The first kappa shape index (κ1) is 18.1. The van der Waals surface area contributed by atoms with Gasteiger partial charge in [0.15, 0.2) is 0 Å². The largest absolute Gasteiger partial charge is 0.465 e. The summed E-state index contributed by atoms with van der Waals surface area (Å²) >= 11 is 0. The van der Waals surface area contributed by atoms with E-state index in [1.165, 1.54) is 30.4 Å². The highest BCUT2D eigenvalue weighted by molar-refractivity contribution is 6.25. The van der Waals surface area contributed by atoms with E-state index in [0.717, 1.165) is 21.7 Å². The summed E-state index contributed by atoms with van der Waals surface area (Å²) in [5, 5.41) is 6.81. The zero-order valence-electron chi connectivity index (χ0n) is 16.6. The van der Waals surface area contributed by atoms with Gasteiger partial charge in [-0.2, -0.15) is 0 Å². The van der Waals surface area contributed by atoms with Gasteiger partial charge >= 0.3 is 11.9 Å². The van der Waals surface area contributed by atoms with E-state index in [1.807, 2.05) is 6.07 Å². The van der Waals surface area contributed by atoms with Crippen molar-refractivity contribution in [3.63, 3.8) is 0 Å². The third-order valence-electron chi connectivity index (χ3n) is 5.66. The predicted octanol–water partition coefficient (Wildman–Crippen LogP) is 5.82. The molecule has 0 radical (unpaired) electrons. The summed E-state index contributed by atoms with van der Waals surface area (Å²) in [6, 6.07) is 23.6. The summed E-state index contributed by atoms with van der Waals surface area (Å²) in [5.74, 6) is -0.905. The minimum atomic E-state index is -0.453. The molecular weight excluding hydrogens is 376 g/mol. The molecule has 0 unspecified atom stereocenters. The summed E-state index contributed by atoms with van der Waals surface area (Å²) < 4.78 is 9.87. The third-order valence-corrected chi connectivity index (χ3v) is 5.66. The molecule has 146 valence electrons. The second kappa shape index (κ2) is 6.85. The van der Waals surface area contributed by atoms with Gasteiger partial charge in [0.1, 0.15) is 0 Å². The van der Waals surface area contributed by atoms with Crippen LogP contribution in [0.1, 0.15) is 20.7 Å². The number of hydrogen-bond donors (Lipinski definition) is 0.